The first-order valence-electron chi connectivity index (χ1n) is 5.95. The molecule has 0 aromatic rings. The zero-order valence-corrected chi connectivity index (χ0v) is 10.1. The first kappa shape index (κ1) is 13.8. The summed E-state index contributed by atoms with van der Waals surface area (Å²) >= 11 is 0. The first-order valence-corrected chi connectivity index (χ1v) is 5.95. The molecule has 2 amide bonds. The minimum atomic E-state index is -1.01. The van der Waals surface area contributed by atoms with Crippen LogP contribution in [0.4, 0.5) is 4.79 Å². The average Bonchev–Trinajstić information content (AvgIpc) is 3.08. The second-order valence-corrected chi connectivity index (χ2v) is 4.16. The zero-order chi connectivity index (χ0) is 12.7. The number of amides is 2. The number of carboxylic acids is 1. The number of likely N-dealkylation sites (N-methyl/N-ethyl adjacent to an activating group) is 1. The number of hydrogen-bond acceptors (Lipinski definition) is 3. The van der Waals surface area contributed by atoms with Crippen LogP contribution in [0.3, 0.4) is 0 Å². The van der Waals surface area contributed by atoms with Gasteiger partial charge in [-0.15, -0.1) is 0 Å². The third-order valence-electron chi connectivity index (χ3n) is 2.57. The van der Waals surface area contributed by atoms with Crippen LogP contribution in [0.1, 0.15) is 19.8 Å². The number of urea groups is 1. The van der Waals surface area contributed by atoms with Gasteiger partial charge in [-0.1, -0.05) is 0 Å². The summed E-state index contributed by atoms with van der Waals surface area (Å²) in [6, 6.07) is -0.357. The summed E-state index contributed by atoms with van der Waals surface area (Å²) < 4.78 is 5.35. The largest absolute Gasteiger partial charge is 0.480 e. The SMILES string of the molecule is CCN(CC(=O)O)C(=O)NCCOCC1CC1. The number of nitrogens with one attached hydrogen (secondary N) is 1. The number of ether oxygens (including phenoxy) is 1. The van der Waals surface area contributed by atoms with Crippen molar-refractivity contribution in [3.05, 3.63) is 0 Å². The molecule has 0 aliphatic heterocycles. The zero-order valence-electron chi connectivity index (χ0n) is 10.1. The van der Waals surface area contributed by atoms with E-state index in [9.17, 15) is 9.59 Å². The van der Waals surface area contributed by atoms with Crippen LogP contribution in [0.2, 0.25) is 0 Å². The van der Waals surface area contributed by atoms with Crippen LogP contribution in [0.15, 0.2) is 0 Å². The van der Waals surface area contributed by atoms with E-state index < -0.39 is 5.97 Å². The van der Waals surface area contributed by atoms with E-state index in [0.29, 0.717) is 25.6 Å². The molecular formula is C11H20N2O4. The molecule has 0 spiro atoms. The van der Waals surface area contributed by atoms with Gasteiger partial charge in [-0.2, -0.15) is 0 Å². The summed E-state index contributed by atoms with van der Waals surface area (Å²) in [7, 11) is 0. The number of carbonyl (C=O) groups excluding carboxylic acids is 1. The van der Waals surface area contributed by atoms with Crippen LogP contribution in [-0.2, 0) is 9.53 Å². The van der Waals surface area contributed by atoms with E-state index in [-0.39, 0.29) is 12.6 Å². The Bertz CT molecular complexity index is 266. The molecular weight excluding hydrogens is 224 g/mol. The van der Waals surface area contributed by atoms with Gasteiger partial charge in [0.25, 0.3) is 0 Å². The Balaban J connectivity index is 2.06. The van der Waals surface area contributed by atoms with Crippen molar-refractivity contribution in [2.24, 2.45) is 5.92 Å². The fourth-order valence-electron chi connectivity index (χ4n) is 1.37. The van der Waals surface area contributed by atoms with Crippen LogP contribution >= 0.6 is 0 Å². The molecule has 1 fully saturated rings. The molecule has 6 nitrogen and oxygen atoms in total. The van der Waals surface area contributed by atoms with E-state index in [2.05, 4.69) is 5.32 Å². The van der Waals surface area contributed by atoms with E-state index in [0.717, 1.165) is 6.61 Å². The summed E-state index contributed by atoms with van der Waals surface area (Å²) in [6.45, 7) is 3.51. The maximum Gasteiger partial charge on any atom is 0.323 e. The van der Waals surface area contributed by atoms with E-state index in [1.54, 1.807) is 6.92 Å². The van der Waals surface area contributed by atoms with Crippen molar-refractivity contribution in [1.29, 1.82) is 0 Å². The monoisotopic (exact) mass is 244 g/mol. The van der Waals surface area contributed by atoms with Crippen molar-refractivity contribution in [3.63, 3.8) is 0 Å². The second-order valence-electron chi connectivity index (χ2n) is 4.16. The maximum atomic E-state index is 11.5. The molecule has 0 heterocycles. The number of hydrogen-bond donors (Lipinski definition) is 2. The van der Waals surface area contributed by atoms with Gasteiger partial charge in [-0.05, 0) is 25.7 Å². The number of carboxylic acid groups (broad SMARTS) is 1. The molecule has 0 aromatic heterocycles. The Hall–Kier alpha value is -1.30. The van der Waals surface area contributed by atoms with E-state index >= 15 is 0 Å². The predicted octanol–water partition coefficient (Wildman–Crippen LogP) is 0.529. The normalized spacial score (nSPS) is 14.4. The van der Waals surface area contributed by atoms with Crippen molar-refractivity contribution in [2.75, 3.05) is 32.8 Å². The fourth-order valence-corrected chi connectivity index (χ4v) is 1.37. The lowest BCUT2D eigenvalue weighted by Gasteiger charge is -2.19. The van der Waals surface area contributed by atoms with Gasteiger partial charge in [0, 0.05) is 19.7 Å². The summed E-state index contributed by atoms with van der Waals surface area (Å²) in [5.41, 5.74) is 0. The molecule has 1 saturated carbocycles. The van der Waals surface area contributed by atoms with Crippen LogP contribution in [0, 0.1) is 5.92 Å². The van der Waals surface area contributed by atoms with Crippen molar-refractivity contribution in [3.8, 4) is 0 Å². The highest BCUT2D eigenvalue weighted by molar-refractivity contribution is 5.79. The smallest absolute Gasteiger partial charge is 0.323 e. The third kappa shape index (κ3) is 6.11. The molecule has 2 N–H and O–H groups in total. The van der Waals surface area contributed by atoms with Gasteiger partial charge in [0.1, 0.15) is 6.54 Å². The lowest BCUT2D eigenvalue weighted by atomic mass is 10.5. The summed E-state index contributed by atoms with van der Waals surface area (Å²) in [5, 5.41) is 11.2. The predicted molar refractivity (Wildman–Crippen MR) is 61.8 cm³/mol. The van der Waals surface area contributed by atoms with Crippen molar-refractivity contribution in [2.45, 2.75) is 19.8 Å². The second kappa shape index (κ2) is 7.11. The van der Waals surface area contributed by atoms with Crippen LogP contribution in [0.25, 0.3) is 0 Å². The van der Waals surface area contributed by atoms with Gasteiger partial charge < -0.3 is 20.1 Å². The number of rotatable bonds is 8. The molecule has 6 heteroatoms. The molecule has 1 aliphatic carbocycles. The van der Waals surface area contributed by atoms with Gasteiger partial charge >= 0.3 is 12.0 Å². The fraction of sp³-hybridized carbons (Fsp3) is 0.818. The molecule has 0 saturated heterocycles. The Morgan fingerprint density at radius 1 is 1.47 bits per heavy atom. The molecule has 17 heavy (non-hydrogen) atoms. The maximum absolute atomic E-state index is 11.5. The minimum absolute atomic E-state index is 0.273. The Kier molecular flexibility index (Phi) is 5.76. The standard InChI is InChI=1S/C11H20N2O4/c1-2-13(7-10(14)15)11(16)12-5-6-17-8-9-3-4-9/h9H,2-8H2,1H3,(H,12,16)(H,14,15). The molecule has 0 radical (unpaired) electrons. The number of nitrogens with zero attached hydrogens (tertiary/aromatic N) is 1. The van der Waals surface area contributed by atoms with Gasteiger partial charge in [0.05, 0.1) is 6.61 Å². The third-order valence-corrected chi connectivity index (χ3v) is 2.57. The molecule has 0 bridgehead atoms. The highest BCUT2D eigenvalue weighted by Gasteiger charge is 2.21. The van der Waals surface area contributed by atoms with Gasteiger partial charge in [-0.25, -0.2) is 4.79 Å². The highest BCUT2D eigenvalue weighted by Crippen LogP contribution is 2.28. The van der Waals surface area contributed by atoms with Crippen LogP contribution in [-0.4, -0.2) is 54.9 Å². The van der Waals surface area contributed by atoms with Gasteiger partial charge in [-0.3, -0.25) is 4.79 Å². The molecule has 1 aliphatic rings. The van der Waals surface area contributed by atoms with Crippen molar-refractivity contribution < 1.29 is 19.4 Å². The van der Waals surface area contributed by atoms with E-state index in [1.165, 1.54) is 17.7 Å². The molecule has 0 aromatic carbocycles. The summed E-state index contributed by atoms with van der Waals surface area (Å²) in [4.78, 5) is 23.2. The topological polar surface area (TPSA) is 78.9 Å². The molecule has 0 atom stereocenters. The Morgan fingerprint density at radius 2 is 2.18 bits per heavy atom. The molecule has 98 valence electrons. The van der Waals surface area contributed by atoms with E-state index in [1.807, 2.05) is 0 Å². The lowest BCUT2D eigenvalue weighted by molar-refractivity contribution is -0.137. The highest BCUT2D eigenvalue weighted by atomic mass is 16.5. The molecule has 0 unspecified atom stereocenters. The van der Waals surface area contributed by atoms with E-state index in [4.69, 9.17) is 9.84 Å². The van der Waals surface area contributed by atoms with Gasteiger partial charge in [0.2, 0.25) is 0 Å². The number of carbonyl (C=O) groups is 2. The summed E-state index contributed by atoms with van der Waals surface area (Å²) in [6.07, 6.45) is 2.49. The van der Waals surface area contributed by atoms with Crippen molar-refractivity contribution in [1.82, 2.24) is 10.2 Å². The van der Waals surface area contributed by atoms with Crippen molar-refractivity contribution >= 4 is 12.0 Å². The van der Waals surface area contributed by atoms with Crippen LogP contribution < -0.4 is 5.32 Å². The van der Waals surface area contributed by atoms with Crippen LogP contribution in [0.5, 0.6) is 0 Å². The number of aliphatic carboxylic acids is 1. The first-order chi connectivity index (χ1) is 8.13. The Morgan fingerprint density at radius 3 is 2.71 bits per heavy atom. The average molecular weight is 244 g/mol. The quantitative estimate of drug-likeness (QED) is 0.610. The Labute approximate surface area is 101 Å². The summed E-state index contributed by atoms with van der Waals surface area (Å²) in [5.74, 6) is -0.295. The molecule has 1 rings (SSSR count). The lowest BCUT2D eigenvalue weighted by Crippen LogP contribution is -2.43. The van der Waals surface area contributed by atoms with Gasteiger partial charge in [0.15, 0.2) is 0 Å². The minimum Gasteiger partial charge on any atom is -0.480 e.